The van der Waals surface area contributed by atoms with E-state index in [-0.39, 0.29) is 12.5 Å². The number of rotatable bonds is 11. The molecule has 0 aliphatic carbocycles. The molecule has 1 unspecified atom stereocenters. The van der Waals surface area contributed by atoms with Crippen LogP contribution in [0.3, 0.4) is 0 Å². The molecule has 0 aliphatic rings. The predicted molar refractivity (Wildman–Crippen MR) is 79.8 cm³/mol. The minimum Gasteiger partial charge on any atom is -0.481 e. The predicted octanol–water partition coefficient (Wildman–Crippen LogP) is 1.52. The van der Waals surface area contributed by atoms with Gasteiger partial charge in [-0.25, -0.2) is 4.79 Å². The summed E-state index contributed by atoms with van der Waals surface area (Å²) in [4.78, 5) is 24.0. The van der Waals surface area contributed by atoms with Crippen LogP contribution in [0.1, 0.15) is 39.0 Å². The van der Waals surface area contributed by atoms with E-state index in [4.69, 9.17) is 5.11 Å². The number of likely N-dealkylation sites (N-methyl/N-ethyl adjacent to an activating group) is 2. The summed E-state index contributed by atoms with van der Waals surface area (Å²) in [6, 6.07) is -0.0752. The average molecular weight is 287 g/mol. The molecule has 0 heterocycles. The summed E-state index contributed by atoms with van der Waals surface area (Å²) >= 11 is 0. The lowest BCUT2D eigenvalue weighted by molar-refractivity contribution is -0.137. The number of urea groups is 1. The number of carboxylic acid groups (broad SMARTS) is 1. The van der Waals surface area contributed by atoms with Gasteiger partial charge in [0.1, 0.15) is 0 Å². The Balaban J connectivity index is 3.91. The summed E-state index contributed by atoms with van der Waals surface area (Å²) in [7, 11) is 3.62. The van der Waals surface area contributed by atoms with Crippen LogP contribution in [0.5, 0.6) is 0 Å². The van der Waals surface area contributed by atoms with Crippen LogP contribution < -0.4 is 10.6 Å². The average Bonchev–Trinajstić information content (AvgIpc) is 2.41. The fourth-order valence-corrected chi connectivity index (χ4v) is 2.07. The van der Waals surface area contributed by atoms with Gasteiger partial charge in [0.05, 0.1) is 0 Å². The Morgan fingerprint density at radius 1 is 1.20 bits per heavy atom. The summed E-state index contributed by atoms with van der Waals surface area (Å²) in [5.74, 6) is -0.374. The van der Waals surface area contributed by atoms with Crippen molar-refractivity contribution in [1.29, 1.82) is 0 Å². The Bertz CT molecular complexity index is 285. The molecule has 0 aromatic heterocycles. The van der Waals surface area contributed by atoms with Crippen molar-refractivity contribution in [2.75, 3.05) is 33.7 Å². The van der Waals surface area contributed by atoms with E-state index < -0.39 is 5.97 Å². The highest BCUT2D eigenvalue weighted by Crippen LogP contribution is 2.17. The fraction of sp³-hybridized carbons (Fsp3) is 0.857. The third-order valence-electron chi connectivity index (χ3n) is 3.34. The monoisotopic (exact) mass is 287 g/mol. The van der Waals surface area contributed by atoms with Gasteiger partial charge in [-0.3, -0.25) is 4.79 Å². The minimum atomic E-state index is -0.748. The minimum absolute atomic E-state index is 0.0752. The van der Waals surface area contributed by atoms with Gasteiger partial charge in [0, 0.05) is 33.1 Å². The van der Waals surface area contributed by atoms with Crippen LogP contribution in [-0.2, 0) is 4.79 Å². The van der Waals surface area contributed by atoms with Gasteiger partial charge in [-0.05, 0) is 25.8 Å². The summed E-state index contributed by atoms with van der Waals surface area (Å²) in [5.41, 5.74) is 0. The van der Waals surface area contributed by atoms with E-state index in [1.807, 2.05) is 7.05 Å². The van der Waals surface area contributed by atoms with Gasteiger partial charge in [-0.15, -0.1) is 0 Å². The van der Waals surface area contributed by atoms with E-state index in [0.717, 1.165) is 25.8 Å². The molecule has 0 saturated carbocycles. The number of hydrogen-bond donors (Lipinski definition) is 3. The molecule has 3 N–H and O–H groups in total. The molecule has 1 atom stereocenters. The molecule has 0 saturated heterocycles. The summed E-state index contributed by atoms with van der Waals surface area (Å²) in [5, 5.41) is 14.6. The molecule has 0 radical (unpaired) electrons. The number of amides is 2. The van der Waals surface area contributed by atoms with Crippen molar-refractivity contribution < 1.29 is 14.7 Å². The van der Waals surface area contributed by atoms with Crippen LogP contribution >= 0.6 is 0 Å². The highest BCUT2D eigenvalue weighted by molar-refractivity contribution is 5.73. The van der Waals surface area contributed by atoms with Gasteiger partial charge in [-0.1, -0.05) is 19.8 Å². The number of hydrogen-bond acceptors (Lipinski definition) is 3. The number of carbonyl (C=O) groups is 2. The number of nitrogens with zero attached hydrogens (tertiary/aromatic N) is 1. The zero-order chi connectivity index (χ0) is 15.4. The molecule has 0 fully saturated rings. The third-order valence-corrected chi connectivity index (χ3v) is 3.34. The lowest BCUT2D eigenvalue weighted by Crippen LogP contribution is -2.40. The van der Waals surface area contributed by atoms with Gasteiger partial charge in [0.2, 0.25) is 0 Å². The molecule has 0 aromatic rings. The molecule has 20 heavy (non-hydrogen) atoms. The smallest absolute Gasteiger partial charge is 0.317 e. The summed E-state index contributed by atoms with van der Waals surface area (Å²) < 4.78 is 0. The number of carbonyl (C=O) groups excluding carboxylic acids is 1. The van der Waals surface area contributed by atoms with E-state index in [0.29, 0.717) is 25.4 Å². The van der Waals surface area contributed by atoms with Crippen molar-refractivity contribution in [2.24, 2.45) is 5.92 Å². The topological polar surface area (TPSA) is 81.7 Å². The van der Waals surface area contributed by atoms with Gasteiger partial charge < -0.3 is 20.6 Å². The second-order valence-corrected chi connectivity index (χ2v) is 5.13. The van der Waals surface area contributed by atoms with Gasteiger partial charge in [0.25, 0.3) is 0 Å². The van der Waals surface area contributed by atoms with Crippen LogP contribution in [0, 0.1) is 5.92 Å². The maximum Gasteiger partial charge on any atom is 0.317 e. The van der Waals surface area contributed by atoms with Crippen molar-refractivity contribution in [2.45, 2.75) is 39.0 Å². The van der Waals surface area contributed by atoms with Crippen molar-refractivity contribution in [1.82, 2.24) is 15.5 Å². The Hall–Kier alpha value is -1.30. The second kappa shape index (κ2) is 11.5. The molecule has 6 nitrogen and oxygen atoms in total. The second-order valence-electron chi connectivity index (χ2n) is 5.13. The molecule has 2 amide bonds. The molecular weight excluding hydrogens is 258 g/mol. The SMILES string of the molecule is CCCC(CCNC(=O)N(C)CCNC)CCC(=O)O. The highest BCUT2D eigenvalue weighted by atomic mass is 16.4. The first-order chi connectivity index (χ1) is 9.51. The lowest BCUT2D eigenvalue weighted by Gasteiger charge is -2.19. The highest BCUT2D eigenvalue weighted by Gasteiger charge is 2.12. The zero-order valence-electron chi connectivity index (χ0n) is 12.9. The fourth-order valence-electron chi connectivity index (χ4n) is 2.07. The number of carboxylic acids is 1. The van der Waals surface area contributed by atoms with Crippen molar-refractivity contribution >= 4 is 12.0 Å². The number of nitrogens with one attached hydrogen (secondary N) is 2. The molecule has 0 aromatic carbocycles. The number of aliphatic carboxylic acids is 1. The van der Waals surface area contributed by atoms with Gasteiger partial charge in [-0.2, -0.15) is 0 Å². The Kier molecular flexibility index (Phi) is 10.8. The molecule has 118 valence electrons. The van der Waals surface area contributed by atoms with Crippen molar-refractivity contribution in [3.05, 3.63) is 0 Å². The van der Waals surface area contributed by atoms with Crippen LogP contribution in [0.25, 0.3) is 0 Å². The third kappa shape index (κ3) is 9.61. The summed E-state index contributed by atoms with van der Waals surface area (Å²) in [6.45, 7) is 4.13. The molecule has 0 rings (SSSR count). The maximum absolute atomic E-state index is 11.7. The lowest BCUT2D eigenvalue weighted by atomic mass is 9.94. The van der Waals surface area contributed by atoms with Crippen LogP contribution in [0.2, 0.25) is 0 Å². The van der Waals surface area contributed by atoms with Crippen LogP contribution in [-0.4, -0.2) is 55.7 Å². The van der Waals surface area contributed by atoms with E-state index >= 15 is 0 Å². The summed E-state index contributed by atoms with van der Waals surface area (Å²) in [6.07, 6.45) is 3.79. The quantitative estimate of drug-likeness (QED) is 0.538. The van der Waals surface area contributed by atoms with Crippen molar-refractivity contribution in [3.63, 3.8) is 0 Å². The Morgan fingerprint density at radius 2 is 1.90 bits per heavy atom. The Labute approximate surface area is 121 Å². The van der Waals surface area contributed by atoms with Gasteiger partial charge in [0.15, 0.2) is 0 Å². The largest absolute Gasteiger partial charge is 0.481 e. The van der Waals surface area contributed by atoms with Crippen LogP contribution in [0.15, 0.2) is 0 Å². The molecular formula is C14H29N3O3. The maximum atomic E-state index is 11.7. The first-order valence-electron chi connectivity index (χ1n) is 7.36. The first-order valence-corrected chi connectivity index (χ1v) is 7.36. The van der Waals surface area contributed by atoms with E-state index in [9.17, 15) is 9.59 Å². The standard InChI is InChI=1S/C14H29N3O3/c1-4-5-12(6-7-13(18)19)8-9-16-14(20)17(3)11-10-15-2/h12,15H,4-11H2,1-3H3,(H,16,20)(H,18,19). The molecule has 0 bridgehead atoms. The zero-order valence-corrected chi connectivity index (χ0v) is 12.9. The van der Waals surface area contributed by atoms with Crippen LogP contribution in [0.4, 0.5) is 4.79 Å². The normalized spacial score (nSPS) is 11.9. The Morgan fingerprint density at radius 3 is 2.45 bits per heavy atom. The van der Waals surface area contributed by atoms with E-state index in [1.54, 1.807) is 11.9 Å². The van der Waals surface area contributed by atoms with Gasteiger partial charge >= 0.3 is 12.0 Å². The molecule has 6 heteroatoms. The molecule has 0 aliphatic heterocycles. The van der Waals surface area contributed by atoms with E-state index in [2.05, 4.69) is 17.6 Å². The first kappa shape index (κ1) is 18.7. The molecule has 0 spiro atoms. The van der Waals surface area contributed by atoms with Crippen molar-refractivity contribution in [3.8, 4) is 0 Å². The van der Waals surface area contributed by atoms with E-state index in [1.165, 1.54) is 0 Å².